The number of piperazine rings is 1. The van der Waals surface area contributed by atoms with Gasteiger partial charge in [-0.15, -0.1) is 0 Å². The molecule has 3 rings (SSSR count). The zero-order valence-corrected chi connectivity index (χ0v) is 14.5. The van der Waals surface area contributed by atoms with Gasteiger partial charge < -0.3 is 14.5 Å². The summed E-state index contributed by atoms with van der Waals surface area (Å²) in [5.41, 5.74) is 1.26. The zero-order chi connectivity index (χ0) is 17.6. The standard InChI is InChI=1S/C20H23FN2O2/c1-2-15-25-17-9-7-16(8-10-17)20(24)23-13-11-22(12-14-23)19-6-4-3-5-18(19)21/h3-10H,2,11-15H2,1H3. The number of hydrogen-bond acceptors (Lipinski definition) is 3. The van der Waals surface area contributed by atoms with Crippen molar-refractivity contribution in [3.05, 3.63) is 59.9 Å². The highest BCUT2D eigenvalue weighted by Gasteiger charge is 2.23. The Morgan fingerprint density at radius 1 is 1.04 bits per heavy atom. The monoisotopic (exact) mass is 342 g/mol. The van der Waals surface area contributed by atoms with E-state index in [1.165, 1.54) is 6.07 Å². The number of amides is 1. The van der Waals surface area contributed by atoms with Crippen molar-refractivity contribution in [2.75, 3.05) is 37.7 Å². The molecule has 0 atom stereocenters. The van der Waals surface area contributed by atoms with Crippen LogP contribution in [0.4, 0.5) is 10.1 Å². The van der Waals surface area contributed by atoms with Crippen molar-refractivity contribution in [1.29, 1.82) is 0 Å². The summed E-state index contributed by atoms with van der Waals surface area (Å²) in [6.45, 7) is 5.15. The molecule has 0 saturated carbocycles. The molecule has 4 nitrogen and oxygen atoms in total. The van der Waals surface area contributed by atoms with Gasteiger partial charge in [0.05, 0.1) is 12.3 Å². The Kier molecular flexibility index (Phi) is 5.53. The molecule has 1 aliphatic heterocycles. The van der Waals surface area contributed by atoms with E-state index in [1.54, 1.807) is 24.3 Å². The summed E-state index contributed by atoms with van der Waals surface area (Å²) in [7, 11) is 0. The molecule has 1 heterocycles. The van der Waals surface area contributed by atoms with E-state index >= 15 is 0 Å². The number of carbonyl (C=O) groups is 1. The summed E-state index contributed by atoms with van der Waals surface area (Å²) >= 11 is 0. The fourth-order valence-electron chi connectivity index (χ4n) is 2.95. The lowest BCUT2D eigenvalue weighted by Crippen LogP contribution is -2.49. The maximum Gasteiger partial charge on any atom is 0.253 e. The molecule has 1 saturated heterocycles. The van der Waals surface area contributed by atoms with Crippen LogP contribution in [0.25, 0.3) is 0 Å². The minimum absolute atomic E-state index is 0.00947. The minimum Gasteiger partial charge on any atom is -0.494 e. The Balaban J connectivity index is 1.59. The lowest BCUT2D eigenvalue weighted by molar-refractivity contribution is 0.0746. The first-order chi connectivity index (χ1) is 12.2. The molecule has 1 amide bonds. The summed E-state index contributed by atoms with van der Waals surface area (Å²) in [5.74, 6) is 0.572. The van der Waals surface area contributed by atoms with Crippen LogP contribution >= 0.6 is 0 Å². The van der Waals surface area contributed by atoms with Crippen LogP contribution in [0.3, 0.4) is 0 Å². The largest absolute Gasteiger partial charge is 0.494 e. The third-order valence-corrected chi connectivity index (χ3v) is 4.33. The van der Waals surface area contributed by atoms with Crippen molar-refractivity contribution < 1.29 is 13.9 Å². The van der Waals surface area contributed by atoms with Gasteiger partial charge in [-0.2, -0.15) is 0 Å². The van der Waals surface area contributed by atoms with E-state index in [0.717, 1.165) is 12.2 Å². The lowest BCUT2D eigenvalue weighted by Gasteiger charge is -2.36. The van der Waals surface area contributed by atoms with Crippen LogP contribution in [0.15, 0.2) is 48.5 Å². The summed E-state index contributed by atoms with van der Waals surface area (Å²) in [5, 5.41) is 0. The molecule has 0 N–H and O–H groups in total. The normalized spacial score (nSPS) is 14.5. The van der Waals surface area contributed by atoms with Crippen LogP contribution in [-0.2, 0) is 0 Å². The highest BCUT2D eigenvalue weighted by atomic mass is 19.1. The number of halogens is 1. The van der Waals surface area contributed by atoms with Crippen LogP contribution in [0.5, 0.6) is 5.75 Å². The van der Waals surface area contributed by atoms with Crippen molar-refractivity contribution in [3.8, 4) is 5.75 Å². The molecule has 0 spiro atoms. The van der Waals surface area contributed by atoms with E-state index in [2.05, 4.69) is 6.92 Å². The van der Waals surface area contributed by atoms with Crippen LogP contribution in [0, 0.1) is 5.82 Å². The first kappa shape index (κ1) is 17.3. The third kappa shape index (κ3) is 4.10. The second-order valence-electron chi connectivity index (χ2n) is 6.10. The second kappa shape index (κ2) is 8.01. The predicted molar refractivity (Wildman–Crippen MR) is 96.7 cm³/mol. The van der Waals surface area contributed by atoms with E-state index in [0.29, 0.717) is 44.0 Å². The molecule has 0 radical (unpaired) electrons. The van der Waals surface area contributed by atoms with Gasteiger partial charge in [-0.05, 0) is 42.8 Å². The number of benzene rings is 2. The van der Waals surface area contributed by atoms with Gasteiger partial charge in [0.1, 0.15) is 11.6 Å². The van der Waals surface area contributed by atoms with E-state index in [1.807, 2.05) is 28.0 Å². The molecule has 0 aliphatic carbocycles. The summed E-state index contributed by atoms with van der Waals surface area (Å²) < 4.78 is 19.4. The van der Waals surface area contributed by atoms with Crippen molar-refractivity contribution in [2.45, 2.75) is 13.3 Å². The van der Waals surface area contributed by atoms with Crippen molar-refractivity contribution in [3.63, 3.8) is 0 Å². The highest BCUT2D eigenvalue weighted by Crippen LogP contribution is 2.21. The van der Waals surface area contributed by atoms with Crippen LogP contribution in [0.2, 0.25) is 0 Å². The smallest absolute Gasteiger partial charge is 0.253 e. The van der Waals surface area contributed by atoms with Crippen LogP contribution < -0.4 is 9.64 Å². The van der Waals surface area contributed by atoms with Crippen molar-refractivity contribution in [1.82, 2.24) is 4.90 Å². The lowest BCUT2D eigenvalue weighted by atomic mass is 10.1. The Labute approximate surface area is 147 Å². The average molecular weight is 342 g/mol. The Morgan fingerprint density at radius 3 is 2.36 bits per heavy atom. The van der Waals surface area contributed by atoms with E-state index in [9.17, 15) is 9.18 Å². The maximum atomic E-state index is 13.9. The summed E-state index contributed by atoms with van der Waals surface area (Å²) in [6.07, 6.45) is 0.951. The quantitative estimate of drug-likeness (QED) is 0.833. The first-order valence-corrected chi connectivity index (χ1v) is 8.70. The van der Waals surface area contributed by atoms with Crippen LogP contribution in [0.1, 0.15) is 23.7 Å². The number of hydrogen-bond donors (Lipinski definition) is 0. The van der Waals surface area contributed by atoms with E-state index in [4.69, 9.17) is 4.74 Å². The molecule has 0 unspecified atom stereocenters. The van der Waals surface area contributed by atoms with Gasteiger partial charge in [-0.3, -0.25) is 4.79 Å². The topological polar surface area (TPSA) is 32.8 Å². The van der Waals surface area contributed by atoms with Crippen molar-refractivity contribution in [2.24, 2.45) is 0 Å². The third-order valence-electron chi connectivity index (χ3n) is 4.33. The molecule has 2 aromatic carbocycles. The molecule has 1 fully saturated rings. The number of rotatable bonds is 5. The molecule has 0 bridgehead atoms. The molecule has 2 aromatic rings. The van der Waals surface area contributed by atoms with E-state index < -0.39 is 0 Å². The fraction of sp³-hybridized carbons (Fsp3) is 0.350. The molecule has 25 heavy (non-hydrogen) atoms. The number of carbonyl (C=O) groups excluding carboxylic acids is 1. The Bertz CT molecular complexity index is 710. The molecular weight excluding hydrogens is 319 g/mol. The minimum atomic E-state index is -0.218. The number of ether oxygens (including phenoxy) is 1. The van der Waals surface area contributed by atoms with Gasteiger partial charge in [0.25, 0.3) is 5.91 Å². The number of nitrogens with zero attached hydrogens (tertiary/aromatic N) is 2. The number of anilines is 1. The average Bonchev–Trinajstić information content (AvgIpc) is 2.67. The van der Waals surface area contributed by atoms with Gasteiger partial charge in [0.15, 0.2) is 0 Å². The summed E-state index contributed by atoms with van der Waals surface area (Å²) in [4.78, 5) is 16.4. The van der Waals surface area contributed by atoms with Crippen LogP contribution in [-0.4, -0.2) is 43.6 Å². The maximum absolute atomic E-state index is 13.9. The van der Waals surface area contributed by atoms with Gasteiger partial charge in [0, 0.05) is 31.7 Å². The highest BCUT2D eigenvalue weighted by molar-refractivity contribution is 5.94. The Morgan fingerprint density at radius 2 is 1.72 bits per heavy atom. The second-order valence-corrected chi connectivity index (χ2v) is 6.10. The first-order valence-electron chi connectivity index (χ1n) is 8.70. The molecule has 132 valence electrons. The molecule has 1 aliphatic rings. The van der Waals surface area contributed by atoms with Gasteiger partial charge in [0.2, 0.25) is 0 Å². The number of para-hydroxylation sites is 1. The van der Waals surface area contributed by atoms with Crippen molar-refractivity contribution >= 4 is 11.6 Å². The van der Waals surface area contributed by atoms with Gasteiger partial charge >= 0.3 is 0 Å². The molecular formula is C20H23FN2O2. The zero-order valence-electron chi connectivity index (χ0n) is 14.5. The summed E-state index contributed by atoms with van der Waals surface area (Å²) in [6, 6.07) is 14.0. The Hall–Kier alpha value is -2.56. The van der Waals surface area contributed by atoms with Gasteiger partial charge in [-0.25, -0.2) is 4.39 Å². The molecule has 0 aromatic heterocycles. The van der Waals surface area contributed by atoms with Gasteiger partial charge in [-0.1, -0.05) is 19.1 Å². The van der Waals surface area contributed by atoms with E-state index in [-0.39, 0.29) is 11.7 Å². The predicted octanol–water partition coefficient (Wildman–Crippen LogP) is 3.58. The fourth-order valence-corrected chi connectivity index (χ4v) is 2.95. The SMILES string of the molecule is CCCOc1ccc(C(=O)N2CCN(c3ccccc3F)CC2)cc1. The molecule has 5 heteroatoms.